The first-order chi connectivity index (χ1) is 9.24. The predicted octanol–water partition coefficient (Wildman–Crippen LogP) is 2.16. The first kappa shape index (κ1) is 11.5. The van der Waals surface area contributed by atoms with Crippen molar-refractivity contribution >= 4 is 22.3 Å². The Morgan fingerprint density at radius 1 is 1.21 bits per heavy atom. The van der Waals surface area contributed by atoms with Crippen LogP contribution in [-0.4, -0.2) is 14.5 Å². The average molecular weight is 253 g/mol. The number of pyridine rings is 1. The fraction of sp³-hybridized carbons (Fsp3) is 0.143. The molecule has 0 fully saturated rings. The van der Waals surface area contributed by atoms with Crippen LogP contribution >= 0.6 is 0 Å². The van der Waals surface area contributed by atoms with Crippen LogP contribution in [0.25, 0.3) is 10.8 Å². The number of aromatic nitrogens is 3. The molecule has 3 N–H and O–H groups in total. The number of nitrogens with two attached hydrogens (primary N) is 1. The maximum atomic E-state index is 5.84. The highest BCUT2D eigenvalue weighted by atomic mass is 15.1. The van der Waals surface area contributed by atoms with Gasteiger partial charge in [0.1, 0.15) is 11.6 Å². The SMILES string of the molecule is Cn1ccnc1CNc1nccc2ccc(N)cc12. The summed E-state index contributed by atoms with van der Waals surface area (Å²) < 4.78 is 1.98. The molecule has 0 aliphatic carbocycles. The van der Waals surface area contributed by atoms with Crippen LogP contribution in [0, 0.1) is 0 Å². The van der Waals surface area contributed by atoms with Crippen molar-refractivity contribution in [3.63, 3.8) is 0 Å². The number of imidazole rings is 1. The lowest BCUT2D eigenvalue weighted by atomic mass is 10.1. The molecule has 0 bridgehead atoms. The Hall–Kier alpha value is -2.56. The second kappa shape index (κ2) is 4.61. The van der Waals surface area contributed by atoms with E-state index >= 15 is 0 Å². The number of nitrogen functional groups attached to an aromatic ring is 1. The summed E-state index contributed by atoms with van der Waals surface area (Å²) in [5.74, 6) is 1.79. The largest absolute Gasteiger partial charge is 0.399 e. The van der Waals surface area contributed by atoms with Crippen LogP contribution in [0.3, 0.4) is 0 Å². The minimum Gasteiger partial charge on any atom is -0.399 e. The van der Waals surface area contributed by atoms with E-state index in [4.69, 9.17) is 5.73 Å². The Morgan fingerprint density at radius 2 is 2.11 bits per heavy atom. The predicted molar refractivity (Wildman–Crippen MR) is 76.7 cm³/mol. The standard InChI is InChI=1S/C14H15N5/c1-19-7-6-16-13(19)9-18-14-12-8-11(15)3-2-10(12)4-5-17-14/h2-8H,9,15H2,1H3,(H,17,18). The van der Waals surface area contributed by atoms with Crippen LogP contribution in [0.2, 0.25) is 0 Å². The number of hydrogen-bond acceptors (Lipinski definition) is 4. The van der Waals surface area contributed by atoms with E-state index in [1.165, 1.54) is 0 Å². The zero-order chi connectivity index (χ0) is 13.2. The van der Waals surface area contributed by atoms with Gasteiger partial charge in [-0.1, -0.05) is 6.07 Å². The minimum atomic E-state index is 0.629. The zero-order valence-electron chi connectivity index (χ0n) is 10.7. The van der Waals surface area contributed by atoms with Gasteiger partial charge in [-0.15, -0.1) is 0 Å². The second-order valence-corrected chi connectivity index (χ2v) is 4.45. The Bertz CT molecular complexity index is 717. The number of aryl methyl sites for hydroxylation is 1. The van der Waals surface area contributed by atoms with Crippen LogP contribution in [0.5, 0.6) is 0 Å². The third-order valence-corrected chi connectivity index (χ3v) is 3.13. The van der Waals surface area contributed by atoms with Gasteiger partial charge < -0.3 is 15.6 Å². The van der Waals surface area contributed by atoms with E-state index in [0.717, 1.165) is 28.1 Å². The summed E-state index contributed by atoms with van der Waals surface area (Å²) in [6.45, 7) is 0.629. The first-order valence-corrected chi connectivity index (χ1v) is 6.08. The molecule has 0 saturated heterocycles. The Balaban J connectivity index is 1.92. The van der Waals surface area contributed by atoms with E-state index in [1.54, 1.807) is 12.4 Å². The van der Waals surface area contributed by atoms with Gasteiger partial charge in [0.2, 0.25) is 0 Å². The normalized spacial score (nSPS) is 10.8. The molecule has 3 rings (SSSR count). The molecule has 0 radical (unpaired) electrons. The molecule has 0 unspecified atom stereocenters. The lowest BCUT2D eigenvalue weighted by Gasteiger charge is -2.09. The van der Waals surface area contributed by atoms with E-state index in [0.29, 0.717) is 6.54 Å². The van der Waals surface area contributed by atoms with Crippen molar-refractivity contribution in [1.29, 1.82) is 0 Å². The maximum absolute atomic E-state index is 5.84. The van der Waals surface area contributed by atoms with Crippen molar-refractivity contribution < 1.29 is 0 Å². The molecule has 0 spiro atoms. The average Bonchev–Trinajstić information content (AvgIpc) is 2.82. The number of hydrogen-bond donors (Lipinski definition) is 2. The van der Waals surface area contributed by atoms with Crippen LogP contribution < -0.4 is 11.1 Å². The molecule has 96 valence electrons. The third kappa shape index (κ3) is 2.22. The third-order valence-electron chi connectivity index (χ3n) is 3.13. The summed E-state index contributed by atoms with van der Waals surface area (Å²) in [6.07, 6.45) is 5.50. The van der Waals surface area contributed by atoms with E-state index in [2.05, 4.69) is 15.3 Å². The van der Waals surface area contributed by atoms with Gasteiger partial charge in [-0.05, 0) is 23.6 Å². The fourth-order valence-electron chi connectivity index (χ4n) is 2.06. The molecule has 2 heterocycles. The number of nitrogens with one attached hydrogen (secondary N) is 1. The molecule has 19 heavy (non-hydrogen) atoms. The van der Waals surface area contributed by atoms with Gasteiger partial charge in [-0.2, -0.15) is 0 Å². The molecule has 3 aromatic rings. The molecule has 0 atom stereocenters. The Morgan fingerprint density at radius 3 is 2.89 bits per heavy atom. The number of anilines is 2. The molecule has 5 heteroatoms. The first-order valence-electron chi connectivity index (χ1n) is 6.08. The molecule has 0 saturated carbocycles. The van der Waals surface area contributed by atoms with Crippen molar-refractivity contribution in [2.45, 2.75) is 6.54 Å². The van der Waals surface area contributed by atoms with Gasteiger partial charge in [0.05, 0.1) is 6.54 Å². The van der Waals surface area contributed by atoms with Gasteiger partial charge in [0.15, 0.2) is 0 Å². The Kier molecular flexibility index (Phi) is 2.79. The quantitative estimate of drug-likeness (QED) is 0.702. The van der Waals surface area contributed by atoms with Gasteiger partial charge >= 0.3 is 0 Å². The van der Waals surface area contributed by atoms with E-state index < -0.39 is 0 Å². The molecular formula is C14H15N5. The van der Waals surface area contributed by atoms with Crippen LogP contribution in [0.4, 0.5) is 11.5 Å². The topological polar surface area (TPSA) is 68.8 Å². The summed E-state index contributed by atoms with van der Waals surface area (Å²) in [5.41, 5.74) is 6.57. The van der Waals surface area contributed by atoms with E-state index in [-0.39, 0.29) is 0 Å². The monoisotopic (exact) mass is 253 g/mol. The fourth-order valence-corrected chi connectivity index (χ4v) is 2.06. The van der Waals surface area contributed by atoms with Crippen LogP contribution in [0.1, 0.15) is 5.82 Å². The van der Waals surface area contributed by atoms with Crippen molar-refractivity contribution in [1.82, 2.24) is 14.5 Å². The van der Waals surface area contributed by atoms with Crippen molar-refractivity contribution in [2.75, 3.05) is 11.1 Å². The summed E-state index contributed by atoms with van der Waals surface area (Å²) in [4.78, 5) is 8.65. The Labute approximate surface area is 111 Å². The lowest BCUT2D eigenvalue weighted by Crippen LogP contribution is -2.07. The zero-order valence-corrected chi connectivity index (χ0v) is 10.7. The molecule has 0 amide bonds. The minimum absolute atomic E-state index is 0.629. The van der Waals surface area contributed by atoms with Gasteiger partial charge in [0.25, 0.3) is 0 Å². The molecule has 1 aromatic carbocycles. The molecule has 5 nitrogen and oxygen atoms in total. The van der Waals surface area contributed by atoms with Crippen molar-refractivity contribution in [2.24, 2.45) is 7.05 Å². The van der Waals surface area contributed by atoms with Crippen molar-refractivity contribution in [3.8, 4) is 0 Å². The summed E-state index contributed by atoms with van der Waals surface area (Å²) >= 11 is 0. The van der Waals surface area contributed by atoms with Crippen LogP contribution in [0.15, 0.2) is 42.9 Å². The molecule has 0 aliphatic heterocycles. The van der Waals surface area contributed by atoms with E-state index in [9.17, 15) is 0 Å². The highest BCUT2D eigenvalue weighted by molar-refractivity contribution is 5.93. The molecule has 2 aromatic heterocycles. The smallest absolute Gasteiger partial charge is 0.134 e. The number of nitrogens with zero attached hydrogens (tertiary/aromatic N) is 3. The molecular weight excluding hydrogens is 238 g/mol. The summed E-state index contributed by atoms with van der Waals surface area (Å²) in [7, 11) is 1.97. The van der Waals surface area contributed by atoms with Gasteiger partial charge in [-0.25, -0.2) is 9.97 Å². The van der Waals surface area contributed by atoms with Crippen molar-refractivity contribution in [3.05, 3.63) is 48.7 Å². The highest BCUT2D eigenvalue weighted by Crippen LogP contribution is 2.23. The maximum Gasteiger partial charge on any atom is 0.134 e. The number of rotatable bonds is 3. The highest BCUT2D eigenvalue weighted by Gasteiger charge is 2.04. The summed E-state index contributed by atoms with van der Waals surface area (Å²) in [6, 6.07) is 7.80. The van der Waals surface area contributed by atoms with Crippen LogP contribution in [-0.2, 0) is 13.6 Å². The number of benzene rings is 1. The summed E-state index contributed by atoms with van der Waals surface area (Å²) in [5, 5.41) is 5.45. The second-order valence-electron chi connectivity index (χ2n) is 4.45. The lowest BCUT2D eigenvalue weighted by molar-refractivity contribution is 0.811. The van der Waals surface area contributed by atoms with Gasteiger partial charge in [0, 0.05) is 36.7 Å². The number of fused-ring (bicyclic) bond motifs is 1. The van der Waals surface area contributed by atoms with E-state index in [1.807, 2.05) is 42.1 Å². The molecule has 0 aliphatic rings. The van der Waals surface area contributed by atoms with Gasteiger partial charge in [-0.3, -0.25) is 0 Å².